The summed E-state index contributed by atoms with van der Waals surface area (Å²) < 4.78 is 13.7. The van der Waals surface area contributed by atoms with E-state index in [9.17, 15) is 4.39 Å². The Hall–Kier alpha value is -0.580. The molecule has 0 aliphatic carbocycles. The van der Waals surface area contributed by atoms with Gasteiger partial charge in [0.1, 0.15) is 9.64 Å². The minimum absolute atomic E-state index is 0.207. The maximum atomic E-state index is 12.8. The van der Waals surface area contributed by atoms with E-state index >= 15 is 0 Å². The van der Waals surface area contributed by atoms with Crippen LogP contribution in [0, 0.1) is 9.64 Å². The highest BCUT2D eigenvalue weighted by Gasteiger charge is 2.00. The van der Waals surface area contributed by atoms with Gasteiger partial charge in [-0.05, 0) is 23.8 Å². The lowest BCUT2D eigenvalue weighted by atomic mass is 10.2. The molecule has 0 saturated carbocycles. The van der Waals surface area contributed by atoms with Gasteiger partial charge in [-0.2, -0.15) is 0 Å². The quantitative estimate of drug-likeness (QED) is 0.516. The molecule has 4 heteroatoms. The standard InChI is InChI=1S/C9H5FS3/c10-7-3-1-2-6(4-7)8-5-9(11)13-12-8/h1-5H. The van der Waals surface area contributed by atoms with Crippen LogP contribution in [0.25, 0.3) is 10.4 Å². The van der Waals surface area contributed by atoms with Crippen LogP contribution in [0.5, 0.6) is 0 Å². The first-order chi connectivity index (χ1) is 6.25. The summed E-state index contributed by atoms with van der Waals surface area (Å²) in [5, 5.41) is 0. The first kappa shape index (κ1) is 8.99. The molecule has 1 heterocycles. The largest absolute Gasteiger partial charge is 0.207 e. The first-order valence-corrected chi connectivity index (χ1v) is 6.17. The highest BCUT2D eigenvalue weighted by Crippen LogP contribution is 2.29. The van der Waals surface area contributed by atoms with Crippen LogP contribution >= 0.6 is 32.9 Å². The molecule has 0 unspecified atom stereocenters. The molecule has 0 N–H and O–H groups in total. The van der Waals surface area contributed by atoms with Gasteiger partial charge in [0.2, 0.25) is 0 Å². The van der Waals surface area contributed by atoms with Gasteiger partial charge in [0.05, 0.1) is 0 Å². The second kappa shape index (κ2) is 3.65. The summed E-state index contributed by atoms with van der Waals surface area (Å²) in [4.78, 5) is 1.04. The molecular formula is C9H5FS3. The molecule has 0 bridgehead atoms. The van der Waals surface area contributed by atoms with Crippen molar-refractivity contribution in [2.24, 2.45) is 0 Å². The topological polar surface area (TPSA) is 0 Å². The summed E-state index contributed by atoms with van der Waals surface area (Å²) in [6.07, 6.45) is 0. The number of hydrogen-bond donors (Lipinski definition) is 0. The van der Waals surface area contributed by atoms with E-state index in [2.05, 4.69) is 0 Å². The minimum atomic E-state index is -0.207. The van der Waals surface area contributed by atoms with Crippen molar-refractivity contribution in [1.29, 1.82) is 0 Å². The molecular weight excluding hydrogens is 223 g/mol. The Morgan fingerprint density at radius 2 is 2.00 bits per heavy atom. The second-order valence-corrected chi connectivity index (χ2v) is 5.42. The number of rotatable bonds is 1. The zero-order chi connectivity index (χ0) is 9.26. The van der Waals surface area contributed by atoms with Crippen LogP contribution in [0.4, 0.5) is 4.39 Å². The predicted octanol–water partition coefficient (Wildman–Crippen LogP) is 4.35. The molecule has 0 aliphatic heterocycles. The number of hydrogen-bond acceptors (Lipinski definition) is 3. The third kappa shape index (κ3) is 2.02. The lowest BCUT2D eigenvalue weighted by molar-refractivity contribution is 0.628. The third-order valence-corrected chi connectivity index (χ3v) is 4.48. The van der Waals surface area contributed by atoms with E-state index in [0.717, 1.165) is 14.3 Å². The SMILES string of the molecule is Fc1cccc(-c2cc(=S)ss2)c1. The molecule has 0 amide bonds. The normalized spacial score (nSPS) is 10.2. The summed E-state index contributed by atoms with van der Waals surface area (Å²) in [6.45, 7) is 0. The zero-order valence-corrected chi connectivity index (χ0v) is 8.94. The highest BCUT2D eigenvalue weighted by molar-refractivity contribution is 7.80. The number of halogens is 1. The lowest BCUT2D eigenvalue weighted by Gasteiger charge is -1.94. The fraction of sp³-hybridized carbons (Fsp3) is 0. The van der Waals surface area contributed by atoms with Crippen molar-refractivity contribution in [3.63, 3.8) is 0 Å². The predicted molar refractivity (Wildman–Crippen MR) is 58.4 cm³/mol. The van der Waals surface area contributed by atoms with Crippen molar-refractivity contribution in [1.82, 2.24) is 0 Å². The van der Waals surface area contributed by atoms with Crippen molar-refractivity contribution >= 4 is 32.9 Å². The molecule has 2 aromatic rings. The maximum absolute atomic E-state index is 12.8. The van der Waals surface area contributed by atoms with Crippen LogP contribution in [0.15, 0.2) is 30.3 Å². The van der Waals surface area contributed by atoms with Crippen molar-refractivity contribution in [2.75, 3.05) is 0 Å². The van der Waals surface area contributed by atoms with E-state index in [-0.39, 0.29) is 5.82 Å². The second-order valence-electron chi connectivity index (χ2n) is 2.50. The van der Waals surface area contributed by atoms with E-state index in [1.54, 1.807) is 16.4 Å². The Bertz CT molecular complexity index is 469. The van der Waals surface area contributed by atoms with Gasteiger partial charge in [0, 0.05) is 4.88 Å². The van der Waals surface area contributed by atoms with Gasteiger partial charge in [0.25, 0.3) is 0 Å². The van der Waals surface area contributed by atoms with Gasteiger partial charge >= 0.3 is 0 Å². The van der Waals surface area contributed by atoms with Gasteiger partial charge in [-0.15, -0.1) is 0 Å². The van der Waals surface area contributed by atoms with E-state index in [4.69, 9.17) is 12.2 Å². The Kier molecular flexibility index (Phi) is 2.53. The molecule has 0 radical (unpaired) electrons. The Balaban J connectivity index is 2.52. The zero-order valence-electron chi connectivity index (χ0n) is 6.49. The van der Waals surface area contributed by atoms with Gasteiger partial charge in [-0.25, -0.2) is 4.39 Å². The summed E-state index contributed by atoms with van der Waals surface area (Å²) in [5.74, 6) is -0.207. The van der Waals surface area contributed by atoms with Crippen LogP contribution in [0.1, 0.15) is 0 Å². The molecule has 13 heavy (non-hydrogen) atoms. The number of benzene rings is 1. The molecule has 0 spiro atoms. The Morgan fingerprint density at radius 3 is 2.62 bits per heavy atom. The maximum Gasteiger partial charge on any atom is 0.123 e. The molecule has 2 rings (SSSR count). The molecule has 0 nitrogen and oxygen atoms in total. The van der Waals surface area contributed by atoms with Crippen molar-refractivity contribution < 1.29 is 4.39 Å². The lowest BCUT2D eigenvalue weighted by Crippen LogP contribution is -1.74. The van der Waals surface area contributed by atoms with E-state index in [1.807, 2.05) is 12.1 Å². The molecule has 0 fully saturated rings. The summed E-state index contributed by atoms with van der Waals surface area (Å²) in [6, 6.07) is 8.45. The molecule has 1 aromatic heterocycles. The van der Waals surface area contributed by atoms with Gasteiger partial charge in [0.15, 0.2) is 0 Å². The molecule has 0 atom stereocenters. The molecule has 1 aromatic carbocycles. The Morgan fingerprint density at radius 1 is 1.15 bits per heavy atom. The van der Waals surface area contributed by atoms with Gasteiger partial charge < -0.3 is 0 Å². The average molecular weight is 228 g/mol. The minimum Gasteiger partial charge on any atom is -0.207 e. The summed E-state index contributed by atoms with van der Waals surface area (Å²) in [5.41, 5.74) is 0.900. The van der Waals surface area contributed by atoms with Crippen LogP contribution < -0.4 is 0 Å². The van der Waals surface area contributed by atoms with E-state index < -0.39 is 0 Å². The highest BCUT2D eigenvalue weighted by atomic mass is 32.9. The van der Waals surface area contributed by atoms with Gasteiger partial charge in [-0.3, -0.25) is 0 Å². The van der Waals surface area contributed by atoms with Crippen molar-refractivity contribution in [2.45, 2.75) is 0 Å². The van der Waals surface area contributed by atoms with E-state index in [1.165, 1.54) is 22.5 Å². The van der Waals surface area contributed by atoms with Crippen LogP contribution in [0.2, 0.25) is 0 Å². The summed E-state index contributed by atoms with van der Waals surface area (Å²) >= 11 is 5.00. The van der Waals surface area contributed by atoms with E-state index in [0.29, 0.717) is 0 Å². The fourth-order valence-electron chi connectivity index (χ4n) is 1.01. The molecule has 0 saturated heterocycles. The summed E-state index contributed by atoms with van der Waals surface area (Å²) in [7, 11) is 3.12. The smallest absolute Gasteiger partial charge is 0.123 e. The first-order valence-electron chi connectivity index (χ1n) is 3.62. The third-order valence-electron chi connectivity index (χ3n) is 1.57. The molecule has 0 aliphatic rings. The van der Waals surface area contributed by atoms with Gasteiger partial charge in [-0.1, -0.05) is 45.0 Å². The Labute approximate surface area is 87.7 Å². The average Bonchev–Trinajstić information content (AvgIpc) is 2.52. The van der Waals surface area contributed by atoms with Crippen LogP contribution in [0.3, 0.4) is 0 Å². The fourth-order valence-corrected chi connectivity index (χ4v) is 3.41. The van der Waals surface area contributed by atoms with Crippen molar-refractivity contribution in [3.05, 3.63) is 40.0 Å². The monoisotopic (exact) mass is 228 g/mol. The van der Waals surface area contributed by atoms with Crippen molar-refractivity contribution in [3.8, 4) is 10.4 Å². The molecule has 66 valence electrons. The van der Waals surface area contributed by atoms with Crippen LogP contribution in [-0.4, -0.2) is 0 Å². The van der Waals surface area contributed by atoms with Crippen LogP contribution in [-0.2, 0) is 0 Å².